The van der Waals surface area contributed by atoms with E-state index in [0.29, 0.717) is 29.4 Å². The number of hydrogen-bond acceptors (Lipinski definition) is 4. The normalized spacial score (nSPS) is 11.5. The van der Waals surface area contributed by atoms with E-state index in [2.05, 4.69) is 5.32 Å². The Morgan fingerprint density at radius 2 is 1.88 bits per heavy atom. The summed E-state index contributed by atoms with van der Waals surface area (Å²) in [5.41, 5.74) is 1.63. The Bertz CT molecular complexity index is 700. The number of ether oxygens (including phenoxy) is 3. The van der Waals surface area contributed by atoms with Crippen LogP contribution in [0, 0.1) is 6.92 Å². The summed E-state index contributed by atoms with van der Waals surface area (Å²) in [6, 6.07) is 12.9. The molecule has 1 N–H and O–H groups in total. The van der Waals surface area contributed by atoms with E-state index in [1.165, 1.54) is 0 Å². The monoisotopic (exact) mass is 329 g/mol. The third-order valence-corrected chi connectivity index (χ3v) is 3.60. The van der Waals surface area contributed by atoms with Crippen LogP contribution in [0.1, 0.15) is 18.9 Å². The molecule has 2 rings (SSSR count). The number of carbonyl (C=O) groups is 1. The van der Waals surface area contributed by atoms with Crippen LogP contribution in [-0.2, 0) is 4.79 Å². The zero-order valence-corrected chi connectivity index (χ0v) is 14.5. The fraction of sp³-hybridized carbons (Fsp3) is 0.316. The van der Waals surface area contributed by atoms with Gasteiger partial charge in [0, 0.05) is 6.07 Å². The Labute approximate surface area is 142 Å². The van der Waals surface area contributed by atoms with E-state index in [9.17, 15) is 4.79 Å². The lowest BCUT2D eigenvalue weighted by Crippen LogP contribution is -2.32. The van der Waals surface area contributed by atoms with Crippen LogP contribution in [0.4, 0.5) is 5.69 Å². The van der Waals surface area contributed by atoms with Crippen LogP contribution in [0.3, 0.4) is 0 Å². The number of rotatable bonds is 7. The molecule has 1 amide bonds. The van der Waals surface area contributed by atoms with Crippen molar-refractivity contribution in [2.75, 3.05) is 19.5 Å². The second-order valence-corrected chi connectivity index (χ2v) is 5.39. The Morgan fingerprint density at radius 1 is 1.08 bits per heavy atom. The maximum Gasteiger partial charge on any atom is 0.265 e. The van der Waals surface area contributed by atoms with Crippen LogP contribution in [-0.4, -0.2) is 26.2 Å². The van der Waals surface area contributed by atoms with Crippen LogP contribution in [0.15, 0.2) is 42.5 Å². The lowest BCUT2D eigenvalue weighted by atomic mass is 10.2. The van der Waals surface area contributed by atoms with Crippen LogP contribution < -0.4 is 19.5 Å². The van der Waals surface area contributed by atoms with E-state index in [4.69, 9.17) is 14.2 Å². The van der Waals surface area contributed by atoms with Crippen LogP contribution in [0.2, 0.25) is 0 Å². The third-order valence-electron chi connectivity index (χ3n) is 3.60. The summed E-state index contributed by atoms with van der Waals surface area (Å²) in [5, 5.41) is 2.85. The van der Waals surface area contributed by atoms with Gasteiger partial charge in [0.1, 0.15) is 17.2 Å². The van der Waals surface area contributed by atoms with Gasteiger partial charge in [-0.1, -0.05) is 19.1 Å². The van der Waals surface area contributed by atoms with Crippen LogP contribution in [0.5, 0.6) is 17.2 Å². The fourth-order valence-corrected chi connectivity index (χ4v) is 2.30. The van der Waals surface area contributed by atoms with E-state index in [-0.39, 0.29) is 5.91 Å². The van der Waals surface area contributed by atoms with Gasteiger partial charge in [0.15, 0.2) is 6.10 Å². The number of nitrogens with one attached hydrogen (secondary N) is 1. The average Bonchev–Trinajstić information content (AvgIpc) is 2.59. The van der Waals surface area contributed by atoms with E-state index in [1.54, 1.807) is 32.4 Å². The minimum absolute atomic E-state index is 0.231. The van der Waals surface area contributed by atoms with Gasteiger partial charge in [-0.25, -0.2) is 0 Å². The number of benzene rings is 2. The zero-order valence-electron chi connectivity index (χ0n) is 14.5. The molecule has 5 heteroatoms. The first-order valence-corrected chi connectivity index (χ1v) is 7.83. The lowest BCUT2D eigenvalue weighted by Gasteiger charge is -2.19. The SMILES string of the molecule is CCC(Oc1cccc(C)c1)C(=O)Nc1cc(OC)ccc1OC. The van der Waals surface area contributed by atoms with Crippen LogP contribution in [0.25, 0.3) is 0 Å². The molecule has 0 fully saturated rings. The van der Waals surface area contributed by atoms with Gasteiger partial charge in [-0.3, -0.25) is 4.79 Å². The molecule has 5 nitrogen and oxygen atoms in total. The Hall–Kier alpha value is -2.69. The number of methoxy groups -OCH3 is 2. The molecule has 1 unspecified atom stereocenters. The highest BCUT2D eigenvalue weighted by Crippen LogP contribution is 2.29. The molecule has 0 heterocycles. The molecule has 0 saturated carbocycles. The molecule has 0 radical (unpaired) electrons. The second kappa shape index (κ2) is 8.24. The quantitative estimate of drug-likeness (QED) is 0.839. The van der Waals surface area contributed by atoms with Crippen molar-refractivity contribution in [1.82, 2.24) is 0 Å². The third kappa shape index (κ3) is 4.41. The largest absolute Gasteiger partial charge is 0.497 e. The first-order chi connectivity index (χ1) is 11.6. The molecule has 0 saturated heterocycles. The van der Waals surface area contributed by atoms with Gasteiger partial charge in [-0.2, -0.15) is 0 Å². The maximum absolute atomic E-state index is 12.6. The smallest absolute Gasteiger partial charge is 0.265 e. The predicted molar refractivity (Wildman–Crippen MR) is 94.1 cm³/mol. The molecular weight excluding hydrogens is 306 g/mol. The Kier molecular flexibility index (Phi) is 6.07. The topological polar surface area (TPSA) is 56.8 Å². The van der Waals surface area contributed by atoms with Crippen LogP contribution >= 0.6 is 0 Å². The molecular formula is C19H23NO4. The van der Waals surface area contributed by atoms with Gasteiger partial charge in [0.05, 0.1) is 19.9 Å². The molecule has 2 aromatic rings. The van der Waals surface area contributed by atoms with E-state index < -0.39 is 6.10 Å². The van der Waals surface area contributed by atoms with Crippen molar-refractivity contribution in [2.24, 2.45) is 0 Å². The van der Waals surface area contributed by atoms with Gasteiger partial charge in [0.2, 0.25) is 0 Å². The first kappa shape index (κ1) is 17.7. The molecule has 0 spiro atoms. The van der Waals surface area contributed by atoms with Gasteiger partial charge >= 0.3 is 0 Å². The predicted octanol–water partition coefficient (Wildman–Crippen LogP) is 3.81. The van der Waals surface area contributed by atoms with E-state index in [1.807, 2.05) is 38.1 Å². The average molecular weight is 329 g/mol. The summed E-state index contributed by atoms with van der Waals surface area (Å²) in [6.45, 7) is 3.89. The summed E-state index contributed by atoms with van der Waals surface area (Å²) < 4.78 is 16.3. The van der Waals surface area contributed by atoms with Crippen molar-refractivity contribution in [3.8, 4) is 17.2 Å². The van der Waals surface area contributed by atoms with Gasteiger partial charge in [0.25, 0.3) is 5.91 Å². The summed E-state index contributed by atoms with van der Waals surface area (Å²) in [5.74, 6) is 1.65. The standard InChI is InChI=1S/C19H23NO4/c1-5-17(24-15-8-6-7-13(2)11-15)19(21)20-16-12-14(22-3)9-10-18(16)23-4/h6-12,17H,5H2,1-4H3,(H,20,21). The van der Waals surface area contributed by atoms with Crippen molar-refractivity contribution < 1.29 is 19.0 Å². The minimum atomic E-state index is -0.595. The summed E-state index contributed by atoms with van der Waals surface area (Å²) in [7, 11) is 3.13. The van der Waals surface area contributed by atoms with Gasteiger partial charge in [-0.05, 0) is 43.2 Å². The lowest BCUT2D eigenvalue weighted by molar-refractivity contribution is -0.122. The number of carbonyl (C=O) groups excluding carboxylic acids is 1. The number of aryl methyl sites for hydroxylation is 1. The number of anilines is 1. The fourth-order valence-electron chi connectivity index (χ4n) is 2.30. The minimum Gasteiger partial charge on any atom is -0.497 e. The highest BCUT2D eigenvalue weighted by atomic mass is 16.5. The van der Waals surface area contributed by atoms with E-state index in [0.717, 1.165) is 5.56 Å². The van der Waals surface area contributed by atoms with Crippen molar-refractivity contribution in [3.63, 3.8) is 0 Å². The van der Waals surface area contributed by atoms with Crippen molar-refractivity contribution in [3.05, 3.63) is 48.0 Å². The van der Waals surface area contributed by atoms with Crippen molar-refractivity contribution in [1.29, 1.82) is 0 Å². The van der Waals surface area contributed by atoms with E-state index >= 15 is 0 Å². The molecule has 2 aromatic carbocycles. The molecule has 1 atom stereocenters. The molecule has 0 aliphatic rings. The highest BCUT2D eigenvalue weighted by molar-refractivity contribution is 5.95. The molecule has 0 aliphatic heterocycles. The summed E-state index contributed by atoms with van der Waals surface area (Å²) in [4.78, 5) is 12.6. The Morgan fingerprint density at radius 3 is 2.50 bits per heavy atom. The molecule has 0 aromatic heterocycles. The first-order valence-electron chi connectivity index (χ1n) is 7.83. The highest BCUT2D eigenvalue weighted by Gasteiger charge is 2.20. The summed E-state index contributed by atoms with van der Waals surface area (Å²) in [6.07, 6.45) is -0.0470. The van der Waals surface area contributed by atoms with Gasteiger partial charge < -0.3 is 19.5 Å². The molecule has 0 aliphatic carbocycles. The van der Waals surface area contributed by atoms with Gasteiger partial charge in [-0.15, -0.1) is 0 Å². The maximum atomic E-state index is 12.6. The van der Waals surface area contributed by atoms with Crippen molar-refractivity contribution in [2.45, 2.75) is 26.4 Å². The number of hydrogen-bond donors (Lipinski definition) is 1. The molecule has 24 heavy (non-hydrogen) atoms. The molecule has 128 valence electrons. The molecule has 0 bridgehead atoms. The summed E-state index contributed by atoms with van der Waals surface area (Å²) >= 11 is 0. The Balaban J connectivity index is 2.14. The van der Waals surface area contributed by atoms with Crippen molar-refractivity contribution >= 4 is 11.6 Å². The second-order valence-electron chi connectivity index (χ2n) is 5.39. The number of amides is 1. The zero-order chi connectivity index (χ0) is 17.5.